The molecule has 2 aliphatic heterocycles. The van der Waals surface area contributed by atoms with Gasteiger partial charge in [-0.2, -0.15) is 0 Å². The zero-order chi connectivity index (χ0) is 25.4. The van der Waals surface area contributed by atoms with Gasteiger partial charge in [-0.15, -0.1) is 0 Å². The van der Waals surface area contributed by atoms with Gasteiger partial charge < -0.3 is 9.47 Å². The van der Waals surface area contributed by atoms with E-state index >= 15 is 0 Å². The van der Waals surface area contributed by atoms with Crippen molar-refractivity contribution in [3.05, 3.63) is 23.3 Å². The normalized spacial score (nSPS) is 36.7. The maximum atomic E-state index is 13.1. The minimum Gasteiger partial charge on any atom is -0.493 e. The van der Waals surface area contributed by atoms with Crippen LogP contribution in [0.3, 0.4) is 0 Å². The van der Waals surface area contributed by atoms with Gasteiger partial charge in [-0.05, 0) is 41.5 Å². The SMILES string of the molecule is [2H]C([2H])([2H])Oc1cc2c(cc1OC)C([2H])([2H])C([2H])([2H])N1[C@H]2CC(=O)[C@@H](CC(C)(C)C)C1([2H])[2H]. The predicted octanol–water partition coefficient (Wildman–Crippen LogP) is 3.63. The van der Waals surface area contributed by atoms with Crippen LogP contribution in [0.25, 0.3) is 0 Å². The highest BCUT2D eigenvalue weighted by Crippen LogP contribution is 2.43. The van der Waals surface area contributed by atoms with Crippen LogP contribution in [0.1, 0.15) is 63.1 Å². The number of ketones is 1. The summed E-state index contributed by atoms with van der Waals surface area (Å²) in [6.07, 6.45) is -2.79. The number of carbonyl (C=O) groups excluding carboxylic acids is 1. The molecule has 1 aromatic rings. The molecule has 0 aliphatic carbocycles. The van der Waals surface area contributed by atoms with Crippen molar-refractivity contribution in [3.63, 3.8) is 0 Å². The lowest BCUT2D eigenvalue weighted by Gasteiger charge is -2.44. The molecule has 1 aromatic carbocycles. The first-order chi connectivity index (χ1) is 14.7. The average Bonchev–Trinajstić information content (AvgIpc) is 2.60. The van der Waals surface area contributed by atoms with E-state index in [2.05, 4.69) is 0 Å². The van der Waals surface area contributed by atoms with E-state index in [9.17, 15) is 4.79 Å². The summed E-state index contributed by atoms with van der Waals surface area (Å²) in [6.45, 7) is 0.251. The second-order valence-corrected chi connectivity index (χ2v) is 7.43. The van der Waals surface area contributed by atoms with E-state index in [1.807, 2.05) is 20.8 Å². The van der Waals surface area contributed by atoms with Crippen molar-refractivity contribution in [2.75, 3.05) is 27.1 Å². The first-order valence-corrected chi connectivity index (χ1v) is 7.97. The summed E-state index contributed by atoms with van der Waals surface area (Å²) in [5, 5.41) is 0. The number of ether oxygens (including phenoxy) is 2. The summed E-state index contributed by atoms with van der Waals surface area (Å²) in [6, 6.07) is 1.24. The topological polar surface area (TPSA) is 38.8 Å². The van der Waals surface area contributed by atoms with E-state index in [-0.39, 0.29) is 35.5 Å². The molecule has 0 spiro atoms. The van der Waals surface area contributed by atoms with Crippen molar-refractivity contribution in [2.45, 2.75) is 46.0 Å². The van der Waals surface area contributed by atoms with Crippen molar-refractivity contribution in [2.24, 2.45) is 11.3 Å². The largest absolute Gasteiger partial charge is 0.493 e. The number of nitrogens with zero attached hydrogens (tertiary/aromatic N) is 1. The third-order valence-corrected chi connectivity index (χ3v) is 4.32. The van der Waals surface area contributed by atoms with Crippen molar-refractivity contribution in [1.82, 2.24) is 4.90 Å². The first-order valence-electron chi connectivity index (χ1n) is 12.5. The molecule has 24 heavy (non-hydrogen) atoms. The molecule has 0 bridgehead atoms. The van der Waals surface area contributed by atoms with Gasteiger partial charge in [0.2, 0.25) is 0 Å². The molecule has 4 heteroatoms. The number of hydrogen-bond acceptors (Lipinski definition) is 4. The fourth-order valence-electron chi connectivity index (χ4n) is 3.20. The lowest BCUT2D eigenvalue weighted by molar-refractivity contribution is -0.130. The standard InChI is InChI=1S/C20H29NO3/c1-20(2,3)11-14-12-21-7-6-13-8-18(23-4)19(24-5)9-15(13)16(21)10-17(14)22/h8-9,14,16H,6-7,10-12H2,1-5H3/t14-,16-/m0/s1/i5D3,6D2,7D2,12D2. The Morgan fingerprint density at radius 1 is 1.33 bits per heavy atom. The molecule has 2 atom stereocenters. The number of benzene rings is 1. The Bertz CT molecular complexity index is 953. The van der Waals surface area contributed by atoms with Gasteiger partial charge in [-0.1, -0.05) is 20.8 Å². The molecule has 0 unspecified atom stereocenters. The third-order valence-electron chi connectivity index (χ3n) is 4.32. The van der Waals surface area contributed by atoms with E-state index in [0.717, 1.165) is 4.90 Å². The van der Waals surface area contributed by atoms with Gasteiger partial charge in [0.25, 0.3) is 0 Å². The quantitative estimate of drug-likeness (QED) is 0.842. The van der Waals surface area contributed by atoms with Crippen LogP contribution in [0.5, 0.6) is 11.5 Å². The van der Waals surface area contributed by atoms with E-state index in [1.54, 1.807) is 0 Å². The number of piperidine rings is 1. The molecule has 4 nitrogen and oxygen atoms in total. The highest BCUT2D eigenvalue weighted by atomic mass is 16.5. The van der Waals surface area contributed by atoms with Gasteiger partial charge in [0.1, 0.15) is 5.78 Å². The zero-order valence-corrected chi connectivity index (χ0v) is 14.4. The highest BCUT2D eigenvalue weighted by molar-refractivity contribution is 5.83. The van der Waals surface area contributed by atoms with E-state index in [4.69, 9.17) is 21.8 Å². The molecule has 2 aliphatic rings. The first kappa shape index (κ1) is 9.23. The molecule has 2 heterocycles. The number of carbonyl (C=O) groups is 1. The van der Waals surface area contributed by atoms with Crippen LogP contribution in [-0.4, -0.2) is 37.8 Å². The molecular weight excluding hydrogens is 302 g/mol. The molecule has 0 amide bonds. The Morgan fingerprint density at radius 2 is 2.08 bits per heavy atom. The van der Waals surface area contributed by atoms with Gasteiger partial charge in [0, 0.05) is 39.6 Å². The van der Waals surface area contributed by atoms with Gasteiger partial charge >= 0.3 is 0 Å². The van der Waals surface area contributed by atoms with E-state index < -0.39 is 49.6 Å². The number of Topliss-reactive ketones (excluding diaryl/α,β-unsaturated/α-hetero) is 1. The van der Waals surface area contributed by atoms with Crippen LogP contribution >= 0.6 is 0 Å². The Morgan fingerprint density at radius 3 is 2.75 bits per heavy atom. The van der Waals surface area contributed by atoms with Crippen LogP contribution in [0.15, 0.2) is 12.1 Å². The second-order valence-electron chi connectivity index (χ2n) is 7.43. The summed E-state index contributed by atoms with van der Waals surface area (Å²) in [7, 11) is -1.59. The summed E-state index contributed by atoms with van der Waals surface area (Å²) >= 11 is 0. The molecule has 0 N–H and O–H groups in total. The Kier molecular flexibility index (Phi) is 2.46. The third kappa shape index (κ3) is 3.30. The van der Waals surface area contributed by atoms with Crippen LogP contribution < -0.4 is 9.47 Å². The monoisotopic (exact) mass is 340 g/mol. The molecule has 0 saturated carbocycles. The summed E-state index contributed by atoms with van der Waals surface area (Å²) in [5.74, 6) is -1.87. The Labute approximate surface area is 157 Å². The van der Waals surface area contributed by atoms with Crippen LogP contribution in [0.4, 0.5) is 0 Å². The fourth-order valence-corrected chi connectivity index (χ4v) is 3.20. The maximum absolute atomic E-state index is 13.1. The summed E-state index contributed by atoms with van der Waals surface area (Å²) < 4.78 is 84.5. The van der Waals surface area contributed by atoms with Crippen LogP contribution in [-0.2, 0) is 11.2 Å². The van der Waals surface area contributed by atoms with Crippen molar-refractivity contribution in [3.8, 4) is 11.5 Å². The highest BCUT2D eigenvalue weighted by Gasteiger charge is 2.39. The maximum Gasteiger partial charge on any atom is 0.161 e. The molecular formula is C20H29NO3. The number of hydrogen-bond donors (Lipinski definition) is 0. The van der Waals surface area contributed by atoms with Gasteiger partial charge in [0.05, 0.1) is 18.3 Å². The van der Waals surface area contributed by atoms with Crippen LogP contribution in [0.2, 0.25) is 0 Å². The molecule has 1 saturated heterocycles. The van der Waals surface area contributed by atoms with Gasteiger partial charge in [0.15, 0.2) is 11.5 Å². The fraction of sp³-hybridized carbons (Fsp3) is 0.650. The lowest BCUT2D eigenvalue weighted by atomic mass is 9.76. The second kappa shape index (κ2) is 6.40. The zero-order valence-electron chi connectivity index (χ0n) is 23.4. The Hall–Kier alpha value is -1.55. The van der Waals surface area contributed by atoms with Gasteiger partial charge in [-0.3, -0.25) is 9.69 Å². The van der Waals surface area contributed by atoms with Gasteiger partial charge in [-0.25, -0.2) is 0 Å². The number of fused-ring (bicyclic) bond motifs is 3. The number of rotatable bonds is 3. The minimum atomic E-state index is -2.84. The lowest BCUT2D eigenvalue weighted by Crippen LogP contribution is -2.47. The van der Waals surface area contributed by atoms with Crippen molar-refractivity contribution < 1.29 is 26.6 Å². The van der Waals surface area contributed by atoms with Crippen LogP contribution in [0, 0.1) is 11.3 Å². The molecule has 1 fully saturated rings. The molecule has 0 aromatic heterocycles. The molecule has 0 radical (unpaired) electrons. The molecule has 3 rings (SSSR count). The summed E-state index contributed by atoms with van der Waals surface area (Å²) in [5.41, 5.74) is -0.462. The smallest absolute Gasteiger partial charge is 0.161 e. The Balaban J connectivity index is 2.25. The number of aryl methyl sites for hydroxylation is 1. The minimum absolute atomic E-state index is 0.0987. The van der Waals surface area contributed by atoms with Crippen molar-refractivity contribution >= 4 is 5.78 Å². The molecule has 132 valence electrons. The van der Waals surface area contributed by atoms with E-state index in [0.29, 0.717) is 0 Å². The number of methoxy groups -OCH3 is 2. The van der Waals surface area contributed by atoms with E-state index in [1.165, 1.54) is 19.2 Å². The predicted molar refractivity (Wildman–Crippen MR) is 94.8 cm³/mol. The average molecular weight is 341 g/mol. The summed E-state index contributed by atoms with van der Waals surface area (Å²) in [4.78, 5) is 13.9. The van der Waals surface area contributed by atoms with Crippen molar-refractivity contribution in [1.29, 1.82) is 0 Å².